The van der Waals surface area contributed by atoms with E-state index >= 15 is 0 Å². The van der Waals surface area contributed by atoms with Gasteiger partial charge in [-0.1, -0.05) is 24.3 Å². The predicted octanol–water partition coefficient (Wildman–Crippen LogP) is 3.29. The molecule has 21 heavy (non-hydrogen) atoms. The first-order valence-electron chi connectivity index (χ1n) is 7.16. The zero-order chi connectivity index (χ0) is 14.8. The van der Waals surface area contributed by atoms with E-state index in [1.54, 1.807) is 4.90 Å². The van der Waals surface area contributed by atoms with Gasteiger partial charge in [0.25, 0.3) is 0 Å². The summed E-state index contributed by atoms with van der Waals surface area (Å²) in [4.78, 5) is 13.8. The SMILES string of the molecule is CC(C)(C)OC(=O)N1CCC(c2ccc(CN)cc2)C1.Cl. The van der Waals surface area contributed by atoms with Crippen LogP contribution in [0.1, 0.15) is 44.2 Å². The fourth-order valence-electron chi connectivity index (χ4n) is 2.45. The van der Waals surface area contributed by atoms with Crippen LogP contribution in [-0.4, -0.2) is 29.7 Å². The molecule has 2 N–H and O–H groups in total. The number of ether oxygens (including phenoxy) is 1. The minimum absolute atomic E-state index is 0. The first-order valence-corrected chi connectivity index (χ1v) is 7.16. The Bertz CT molecular complexity index is 468. The topological polar surface area (TPSA) is 55.6 Å². The summed E-state index contributed by atoms with van der Waals surface area (Å²) in [5.74, 6) is 0.398. The molecule has 1 amide bonds. The summed E-state index contributed by atoms with van der Waals surface area (Å²) in [6, 6.07) is 8.36. The second-order valence-electron chi connectivity index (χ2n) is 6.36. The maximum Gasteiger partial charge on any atom is 0.410 e. The highest BCUT2D eigenvalue weighted by atomic mass is 35.5. The third-order valence-corrected chi connectivity index (χ3v) is 3.53. The molecule has 5 heteroatoms. The largest absolute Gasteiger partial charge is 0.444 e. The van der Waals surface area contributed by atoms with Crippen molar-refractivity contribution in [2.24, 2.45) is 5.73 Å². The van der Waals surface area contributed by atoms with E-state index in [2.05, 4.69) is 24.3 Å². The van der Waals surface area contributed by atoms with Crippen molar-refractivity contribution in [2.45, 2.75) is 45.3 Å². The Balaban J connectivity index is 0.00000220. The third kappa shape index (κ3) is 4.90. The van der Waals surface area contributed by atoms with Crippen LogP contribution in [0, 0.1) is 0 Å². The van der Waals surface area contributed by atoms with E-state index in [1.807, 2.05) is 20.8 Å². The van der Waals surface area contributed by atoms with Gasteiger partial charge in [0, 0.05) is 25.6 Å². The summed E-state index contributed by atoms with van der Waals surface area (Å²) in [6.07, 6.45) is 0.778. The molecule has 1 saturated heterocycles. The molecule has 0 radical (unpaired) electrons. The first-order chi connectivity index (χ1) is 9.39. The number of nitrogens with zero attached hydrogens (tertiary/aromatic N) is 1. The Labute approximate surface area is 133 Å². The number of hydrogen-bond acceptors (Lipinski definition) is 3. The minimum Gasteiger partial charge on any atom is -0.444 e. The lowest BCUT2D eigenvalue weighted by atomic mass is 9.97. The maximum atomic E-state index is 12.0. The van der Waals surface area contributed by atoms with Gasteiger partial charge < -0.3 is 15.4 Å². The lowest BCUT2D eigenvalue weighted by molar-refractivity contribution is 0.0292. The number of halogens is 1. The van der Waals surface area contributed by atoms with Gasteiger partial charge in [0.1, 0.15) is 5.60 Å². The average molecular weight is 313 g/mol. The Morgan fingerprint density at radius 2 is 1.95 bits per heavy atom. The summed E-state index contributed by atoms with van der Waals surface area (Å²) in [5, 5.41) is 0. The van der Waals surface area contributed by atoms with Gasteiger partial charge in [0.15, 0.2) is 0 Å². The highest BCUT2D eigenvalue weighted by molar-refractivity contribution is 5.85. The molecule has 1 fully saturated rings. The van der Waals surface area contributed by atoms with Crippen LogP contribution in [0.2, 0.25) is 0 Å². The van der Waals surface area contributed by atoms with Gasteiger partial charge in [-0.15, -0.1) is 12.4 Å². The van der Waals surface area contributed by atoms with Gasteiger partial charge in [0.2, 0.25) is 0 Å². The average Bonchev–Trinajstić information content (AvgIpc) is 2.86. The quantitative estimate of drug-likeness (QED) is 0.911. The van der Waals surface area contributed by atoms with E-state index < -0.39 is 5.60 Å². The maximum absolute atomic E-state index is 12.0. The fraction of sp³-hybridized carbons (Fsp3) is 0.562. The lowest BCUT2D eigenvalue weighted by Crippen LogP contribution is -2.35. The van der Waals surface area contributed by atoms with Crippen molar-refractivity contribution in [3.63, 3.8) is 0 Å². The fourth-order valence-corrected chi connectivity index (χ4v) is 2.45. The molecular formula is C16H25ClN2O2. The molecule has 118 valence electrons. The predicted molar refractivity (Wildman–Crippen MR) is 86.7 cm³/mol. The number of rotatable bonds is 2. The number of carbonyl (C=O) groups is 1. The second kappa shape index (κ2) is 7.14. The zero-order valence-electron chi connectivity index (χ0n) is 13.0. The molecule has 1 unspecified atom stereocenters. The smallest absolute Gasteiger partial charge is 0.410 e. The Kier molecular flexibility index (Phi) is 6.05. The van der Waals surface area contributed by atoms with E-state index in [-0.39, 0.29) is 18.5 Å². The Morgan fingerprint density at radius 3 is 2.48 bits per heavy atom. The van der Waals surface area contributed by atoms with Crippen molar-refractivity contribution in [1.82, 2.24) is 4.90 Å². The van der Waals surface area contributed by atoms with Gasteiger partial charge in [-0.2, -0.15) is 0 Å². The van der Waals surface area contributed by atoms with Crippen LogP contribution in [0.4, 0.5) is 4.79 Å². The van der Waals surface area contributed by atoms with Crippen molar-refractivity contribution >= 4 is 18.5 Å². The van der Waals surface area contributed by atoms with Crippen LogP contribution in [0.3, 0.4) is 0 Å². The molecular weight excluding hydrogens is 288 g/mol. The Hall–Kier alpha value is -1.26. The number of likely N-dealkylation sites (tertiary alicyclic amines) is 1. The van der Waals surface area contributed by atoms with Crippen LogP contribution in [0.5, 0.6) is 0 Å². The number of carbonyl (C=O) groups excluding carboxylic acids is 1. The second-order valence-corrected chi connectivity index (χ2v) is 6.36. The van der Waals surface area contributed by atoms with E-state index in [4.69, 9.17) is 10.5 Å². The number of benzene rings is 1. The van der Waals surface area contributed by atoms with E-state index in [0.29, 0.717) is 12.5 Å². The van der Waals surface area contributed by atoms with Crippen LogP contribution in [0.25, 0.3) is 0 Å². The molecule has 0 aromatic heterocycles. The monoisotopic (exact) mass is 312 g/mol. The molecule has 1 aliphatic rings. The van der Waals surface area contributed by atoms with Gasteiger partial charge in [-0.05, 0) is 38.3 Å². The van der Waals surface area contributed by atoms with Gasteiger partial charge >= 0.3 is 6.09 Å². The van der Waals surface area contributed by atoms with E-state index in [1.165, 1.54) is 5.56 Å². The van der Waals surface area contributed by atoms with Crippen LogP contribution in [-0.2, 0) is 11.3 Å². The molecule has 2 rings (SSSR count). The standard InChI is InChI=1S/C16H24N2O2.ClH/c1-16(2,3)20-15(19)18-9-8-14(11-18)13-6-4-12(10-17)5-7-13;/h4-7,14H,8-11,17H2,1-3H3;1H. The highest BCUT2D eigenvalue weighted by Gasteiger charge is 2.30. The van der Waals surface area contributed by atoms with Crippen LogP contribution in [0.15, 0.2) is 24.3 Å². The zero-order valence-corrected chi connectivity index (χ0v) is 13.8. The molecule has 0 aliphatic carbocycles. The normalized spacial score (nSPS) is 18.3. The third-order valence-electron chi connectivity index (χ3n) is 3.53. The van der Waals surface area contributed by atoms with Gasteiger partial charge in [-0.25, -0.2) is 4.79 Å². The lowest BCUT2D eigenvalue weighted by Gasteiger charge is -2.24. The molecule has 1 aromatic carbocycles. The number of hydrogen-bond donors (Lipinski definition) is 1. The molecule has 0 spiro atoms. The van der Waals surface area contributed by atoms with Crippen molar-refractivity contribution in [3.05, 3.63) is 35.4 Å². The molecule has 1 heterocycles. The van der Waals surface area contributed by atoms with Gasteiger partial charge in [-0.3, -0.25) is 0 Å². The van der Waals surface area contributed by atoms with E-state index in [0.717, 1.165) is 25.1 Å². The first kappa shape index (κ1) is 17.8. The van der Waals surface area contributed by atoms with Crippen molar-refractivity contribution in [1.29, 1.82) is 0 Å². The van der Waals surface area contributed by atoms with Crippen molar-refractivity contribution < 1.29 is 9.53 Å². The van der Waals surface area contributed by atoms with Gasteiger partial charge in [0.05, 0.1) is 0 Å². The van der Waals surface area contributed by atoms with Crippen molar-refractivity contribution in [3.8, 4) is 0 Å². The number of nitrogens with two attached hydrogens (primary N) is 1. The summed E-state index contributed by atoms with van der Waals surface area (Å²) in [6.45, 7) is 7.74. The number of amides is 1. The molecule has 1 atom stereocenters. The molecule has 0 bridgehead atoms. The van der Waals surface area contributed by atoms with Crippen LogP contribution >= 0.6 is 12.4 Å². The summed E-state index contributed by atoms with van der Waals surface area (Å²) < 4.78 is 5.41. The summed E-state index contributed by atoms with van der Waals surface area (Å²) >= 11 is 0. The van der Waals surface area contributed by atoms with Crippen LogP contribution < -0.4 is 5.73 Å². The molecule has 1 aromatic rings. The highest BCUT2D eigenvalue weighted by Crippen LogP contribution is 2.28. The Morgan fingerprint density at radius 1 is 1.33 bits per heavy atom. The van der Waals surface area contributed by atoms with E-state index in [9.17, 15) is 4.79 Å². The molecule has 4 nitrogen and oxygen atoms in total. The molecule has 0 saturated carbocycles. The van der Waals surface area contributed by atoms with Crippen molar-refractivity contribution in [2.75, 3.05) is 13.1 Å². The summed E-state index contributed by atoms with van der Waals surface area (Å²) in [5.41, 5.74) is 7.58. The summed E-state index contributed by atoms with van der Waals surface area (Å²) in [7, 11) is 0. The minimum atomic E-state index is -0.433. The molecule has 1 aliphatic heterocycles.